The zero-order chi connectivity index (χ0) is 20.5. The Bertz CT molecular complexity index is 949. The number of halogens is 4. The van der Waals surface area contributed by atoms with E-state index < -0.39 is 38.6 Å². The predicted octanol–water partition coefficient (Wildman–Crippen LogP) is 4.78. The Morgan fingerprint density at radius 1 is 1.11 bits per heavy atom. The standard InChI is InChI=1S/C15H9ClF3N3O5/c1-8-2-3-12(11(16)4-8)20(7-23)14-10(15(17,18)19)5-9(21(24)25)6-13(14)22(26)27/h2-7H,1H3. The van der Waals surface area contributed by atoms with Gasteiger partial charge in [0.2, 0.25) is 6.41 Å². The van der Waals surface area contributed by atoms with Crippen LogP contribution in [-0.2, 0) is 11.0 Å². The van der Waals surface area contributed by atoms with Crippen molar-refractivity contribution in [3.05, 3.63) is 66.7 Å². The lowest BCUT2D eigenvalue weighted by atomic mass is 10.1. The third-order valence-electron chi connectivity index (χ3n) is 3.50. The van der Waals surface area contributed by atoms with E-state index in [1.807, 2.05) is 0 Å². The number of alkyl halides is 3. The number of nitro benzene ring substituents is 2. The highest BCUT2D eigenvalue weighted by molar-refractivity contribution is 6.34. The first kappa shape index (κ1) is 20.1. The molecule has 0 aliphatic carbocycles. The SMILES string of the molecule is Cc1ccc(N(C=O)c2c([N+](=O)[O-])cc([N+](=O)[O-])cc2C(F)(F)F)c(Cl)c1. The van der Waals surface area contributed by atoms with E-state index in [0.29, 0.717) is 16.5 Å². The smallest absolute Gasteiger partial charge is 0.278 e. The molecular formula is C15H9ClF3N3O5. The number of hydrogen-bond donors (Lipinski definition) is 0. The second kappa shape index (κ2) is 7.19. The molecular weight excluding hydrogens is 395 g/mol. The molecule has 0 aromatic heterocycles. The van der Waals surface area contributed by atoms with E-state index in [0.717, 1.165) is 0 Å². The predicted molar refractivity (Wildman–Crippen MR) is 89.1 cm³/mol. The van der Waals surface area contributed by atoms with Gasteiger partial charge in [-0.25, -0.2) is 0 Å². The van der Waals surface area contributed by atoms with Crippen LogP contribution < -0.4 is 4.90 Å². The second-order valence-corrected chi connectivity index (χ2v) is 5.71. The summed E-state index contributed by atoms with van der Waals surface area (Å²) in [4.78, 5) is 31.6. The maximum absolute atomic E-state index is 13.5. The topological polar surface area (TPSA) is 107 Å². The molecule has 0 saturated heterocycles. The van der Waals surface area contributed by atoms with Crippen LogP contribution in [0.25, 0.3) is 0 Å². The molecule has 0 radical (unpaired) electrons. The van der Waals surface area contributed by atoms with Gasteiger partial charge in [-0.3, -0.25) is 29.9 Å². The summed E-state index contributed by atoms with van der Waals surface area (Å²) >= 11 is 5.97. The van der Waals surface area contributed by atoms with Crippen LogP contribution in [0.2, 0.25) is 5.02 Å². The molecule has 1 amide bonds. The molecule has 2 rings (SSSR count). The van der Waals surface area contributed by atoms with Crippen molar-refractivity contribution in [2.24, 2.45) is 0 Å². The van der Waals surface area contributed by atoms with Crippen LogP contribution >= 0.6 is 11.6 Å². The van der Waals surface area contributed by atoms with Gasteiger partial charge in [-0.05, 0) is 24.6 Å². The fourth-order valence-electron chi connectivity index (χ4n) is 2.36. The summed E-state index contributed by atoms with van der Waals surface area (Å²) < 4.78 is 40.5. The molecule has 0 atom stereocenters. The van der Waals surface area contributed by atoms with Crippen molar-refractivity contribution < 1.29 is 27.8 Å². The Labute approximate surface area is 154 Å². The first-order valence-corrected chi connectivity index (χ1v) is 7.40. The van der Waals surface area contributed by atoms with Crippen molar-refractivity contribution in [2.75, 3.05) is 4.90 Å². The van der Waals surface area contributed by atoms with Crippen molar-refractivity contribution in [3.63, 3.8) is 0 Å². The highest BCUT2D eigenvalue weighted by atomic mass is 35.5. The lowest BCUT2D eigenvalue weighted by molar-refractivity contribution is -0.394. The van der Waals surface area contributed by atoms with E-state index in [2.05, 4.69) is 0 Å². The molecule has 12 heteroatoms. The first-order chi connectivity index (χ1) is 12.5. The number of carbonyl (C=O) groups is 1. The Hall–Kier alpha value is -3.21. The maximum Gasteiger partial charge on any atom is 0.418 e. The molecule has 2 aromatic carbocycles. The Kier molecular flexibility index (Phi) is 5.36. The van der Waals surface area contributed by atoms with E-state index in [1.165, 1.54) is 18.2 Å². The van der Waals surface area contributed by atoms with Crippen molar-refractivity contribution in [2.45, 2.75) is 13.1 Å². The number of rotatable bonds is 5. The van der Waals surface area contributed by atoms with E-state index in [-0.39, 0.29) is 23.2 Å². The number of nitro groups is 2. The molecule has 8 nitrogen and oxygen atoms in total. The summed E-state index contributed by atoms with van der Waals surface area (Å²) in [5, 5.41) is 22.0. The molecule has 0 bridgehead atoms. The van der Waals surface area contributed by atoms with Gasteiger partial charge in [0.15, 0.2) is 0 Å². The lowest BCUT2D eigenvalue weighted by Gasteiger charge is -2.22. The summed E-state index contributed by atoms with van der Waals surface area (Å²) in [7, 11) is 0. The fourth-order valence-corrected chi connectivity index (χ4v) is 2.68. The van der Waals surface area contributed by atoms with Gasteiger partial charge in [-0.2, -0.15) is 13.2 Å². The minimum atomic E-state index is -5.22. The summed E-state index contributed by atoms with van der Waals surface area (Å²) in [6.07, 6.45) is -5.30. The molecule has 0 aliphatic rings. The van der Waals surface area contributed by atoms with Crippen LogP contribution in [0.15, 0.2) is 30.3 Å². The van der Waals surface area contributed by atoms with Crippen molar-refractivity contribution in [3.8, 4) is 0 Å². The highest BCUT2D eigenvalue weighted by Crippen LogP contribution is 2.47. The summed E-state index contributed by atoms with van der Waals surface area (Å²) in [5.41, 5.74) is -4.91. The van der Waals surface area contributed by atoms with Crippen LogP contribution in [0.3, 0.4) is 0 Å². The molecule has 0 spiro atoms. The Morgan fingerprint density at radius 3 is 2.19 bits per heavy atom. The fraction of sp³-hybridized carbons (Fsp3) is 0.133. The van der Waals surface area contributed by atoms with E-state index in [9.17, 15) is 38.2 Å². The minimum absolute atomic E-state index is 0.0834. The molecule has 0 N–H and O–H groups in total. The van der Waals surface area contributed by atoms with Gasteiger partial charge in [0.05, 0.1) is 32.2 Å². The van der Waals surface area contributed by atoms with Gasteiger partial charge in [0.1, 0.15) is 5.69 Å². The highest BCUT2D eigenvalue weighted by Gasteiger charge is 2.42. The molecule has 0 fully saturated rings. The quantitative estimate of drug-likeness (QED) is 0.405. The molecule has 2 aromatic rings. The summed E-state index contributed by atoms with van der Waals surface area (Å²) in [6.45, 7) is 1.64. The monoisotopic (exact) mass is 403 g/mol. The van der Waals surface area contributed by atoms with Gasteiger partial charge in [-0.1, -0.05) is 17.7 Å². The number of anilines is 2. The summed E-state index contributed by atoms with van der Waals surface area (Å²) in [5.74, 6) is 0. The Balaban J connectivity index is 2.92. The molecule has 0 unspecified atom stereocenters. The van der Waals surface area contributed by atoms with E-state index >= 15 is 0 Å². The van der Waals surface area contributed by atoms with Gasteiger partial charge in [-0.15, -0.1) is 0 Å². The molecule has 27 heavy (non-hydrogen) atoms. The zero-order valence-corrected chi connectivity index (χ0v) is 14.1. The Morgan fingerprint density at radius 2 is 1.74 bits per heavy atom. The maximum atomic E-state index is 13.5. The van der Waals surface area contributed by atoms with Crippen molar-refractivity contribution in [1.29, 1.82) is 0 Å². The van der Waals surface area contributed by atoms with Gasteiger partial charge < -0.3 is 0 Å². The third kappa shape index (κ3) is 3.97. The largest absolute Gasteiger partial charge is 0.418 e. The number of benzene rings is 2. The minimum Gasteiger partial charge on any atom is -0.278 e. The average Bonchev–Trinajstić information content (AvgIpc) is 2.55. The zero-order valence-electron chi connectivity index (χ0n) is 13.4. The van der Waals surface area contributed by atoms with Gasteiger partial charge in [0, 0.05) is 6.07 Å². The number of nitrogens with zero attached hydrogens (tertiary/aromatic N) is 3. The number of aryl methyl sites for hydroxylation is 1. The van der Waals surface area contributed by atoms with Crippen LogP contribution in [0, 0.1) is 27.2 Å². The normalized spacial score (nSPS) is 11.1. The van der Waals surface area contributed by atoms with Crippen LogP contribution in [0.1, 0.15) is 11.1 Å². The average molecular weight is 404 g/mol. The van der Waals surface area contributed by atoms with Crippen LogP contribution in [0.4, 0.5) is 35.9 Å². The lowest BCUT2D eigenvalue weighted by Crippen LogP contribution is -2.21. The number of carbonyl (C=O) groups excluding carboxylic acids is 1. The van der Waals surface area contributed by atoms with E-state index in [4.69, 9.17) is 11.6 Å². The van der Waals surface area contributed by atoms with E-state index in [1.54, 1.807) is 6.92 Å². The first-order valence-electron chi connectivity index (χ1n) is 7.02. The second-order valence-electron chi connectivity index (χ2n) is 5.30. The van der Waals surface area contributed by atoms with Crippen molar-refractivity contribution in [1.82, 2.24) is 0 Å². The third-order valence-corrected chi connectivity index (χ3v) is 3.80. The molecule has 0 saturated carbocycles. The van der Waals surface area contributed by atoms with Crippen molar-refractivity contribution >= 4 is 40.8 Å². The number of amides is 1. The van der Waals surface area contributed by atoms with Crippen LogP contribution in [0.5, 0.6) is 0 Å². The van der Waals surface area contributed by atoms with Crippen LogP contribution in [-0.4, -0.2) is 16.3 Å². The molecule has 0 aliphatic heterocycles. The summed E-state index contributed by atoms with van der Waals surface area (Å²) in [6, 6.07) is 4.46. The molecule has 0 heterocycles. The van der Waals surface area contributed by atoms with Gasteiger partial charge >= 0.3 is 11.9 Å². The molecule has 142 valence electrons. The number of hydrogen-bond acceptors (Lipinski definition) is 5. The van der Waals surface area contributed by atoms with Gasteiger partial charge in [0.25, 0.3) is 5.69 Å². The number of non-ortho nitro benzene ring substituents is 1.